The molecular formula is C12H14F3NO6. The third kappa shape index (κ3) is 7.03. The minimum atomic E-state index is -1.23. The zero-order valence-corrected chi connectivity index (χ0v) is 11.0. The number of carboxylic acids is 2. The molecule has 1 heterocycles. The second kappa shape index (κ2) is 10.8. The maximum Gasteiger partial charge on any atom is 0.336 e. The van der Waals surface area contributed by atoms with E-state index in [1.54, 1.807) is 0 Å². The van der Waals surface area contributed by atoms with Gasteiger partial charge in [0.1, 0.15) is 0 Å². The van der Waals surface area contributed by atoms with Crippen LogP contribution in [0.4, 0.5) is 14.1 Å². The van der Waals surface area contributed by atoms with E-state index in [1.165, 1.54) is 24.3 Å². The van der Waals surface area contributed by atoms with Crippen molar-refractivity contribution in [2.75, 3.05) is 0 Å². The average Bonchev–Trinajstić information content (AvgIpc) is 2.73. The molecule has 2 rings (SSSR count). The Kier molecular flexibility index (Phi) is 11.9. The number of carbonyl (C=O) groups is 4. The SMILES string of the molecule is F.F.F.O=C(O)c1ccccc1C(=O)O.O=C1CCC(=O)N1. The molecule has 10 heteroatoms. The van der Waals surface area contributed by atoms with Crippen LogP contribution in [-0.2, 0) is 9.59 Å². The van der Waals surface area contributed by atoms with Gasteiger partial charge in [-0.15, -0.1) is 0 Å². The molecule has 0 spiro atoms. The summed E-state index contributed by atoms with van der Waals surface area (Å²) in [6.45, 7) is 0. The van der Waals surface area contributed by atoms with Crippen LogP contribution in [-0.4, -0.2) is 34.0 Å². The van der Waals surface area contributed by atoms with Gasteiger partial charge in [-0.25, -0.2) is 9.59 Å². The molecule has 0 bridgehead atoms. The van der Waals surface area contributed by atoms with Crippen molar-refractivity contribution in [3.05, 3.63) is 35.4 Å². The fourth-order valence-electron chi connectivity index (χ4n) is 1.36. The third-order valence-electron chi connectivity index (χ3n) is 2.25. The maximum absolute atomic E-state index is 10.5. The van der Waals surface area contributed by atoms with E-state index >= 15 is 0 Å². The Hall–Kier alpha value is -2.91. The molecule has 0 atom stereocenters. The summed E-state index contributed by atoms with van der Waals surface area (Å²) in [5.74, 6) is -2.75. The second-order valence-electron chi connectivity index (χ2n) is 3.63. The van der Waals surface area contributed by atoms with E-state index in [4.69, 9.17) is 10.2 Å². The summed E-state index contributed by atoms with van der Waals surface area (Å²) < 4.78 is 0. The molecule has 124 valence electrons. The number of hydrogen-bond acceptors (Lipinski definition) is 4. The lowest BCUT2D eigenvalue weighted by atomic mass is 10.1. The van der Waals surface area contributed by atoms with Gasteiger partial charge in [0, 0.05) is 12.8 Å². The number of aromatic carboxylic acids is 2. The van der Waals surface area contributed by atoms with Gasteiger partial charge in [0.2, 0.25) is 11.8 Å². The van der Waals surface area contributed by atoms with Gasteiger partial charge >= 0.3 is 11.9 Å². The van der Waals surface area contributed by atoms with Crippen LogP contribution in [0.2, 0.25) is 0 Å². The molecule has 1 saturated heterocycles. The Morgan fingerprint density at radius 1 is 0.818 bits per heavy atom. The highest BCUT2D eigenvalue weighted by Crippen LogP contribution is 2.07. The Morgan fingerprint density at radius 3 is 1.32 bits per heavy atom. The molecule has 0 aromatic heterocycles. The lowest BCUT2D eigenvalue weighted by molar-refractivity contribution is -0.124. The van der Waals surface area contributed by atoms with E-state index in [2.05, 4.69) is 5.32 Å². The largest absolute Gasteiger partial charge is 0.478 e. The number of hydrogen-bond donors (Lipinski definition) is 3. The number of nitrogens with one attached hydrogen (secondary N) is 1. The molecule has 1 aromatic carbocycles. The van der Waals surface area contributed by atoms with Gasteiger partial charge in [0.05, 0.1) is 11.1 Å². The van der Waals surface area contributed by atoms with Crippen LogP contribution in [0.15, 0.2) is 24.3 Å². The fraction of sp³-hybridized carbons (Fsp3) is 0.167. The van der Waals surface area contributed by atoms with Gasteiger partial charge < -0.3 is 10.2 Å². The zero-order chi connectivity index (χ0) is 14.4. The van der Waals surface area contributed by atoms with Crippen LogP contribution in [0.5, 0.6) is 0 Å². The van der Waals surface area contributed by atoms with E-state index in [9.17, 15) is 19.2 Å². The van der Waals surface area contributed by atoms with Gasteiger partial charge in [0.25, 0.3) is 0 Å². The molecule has 1 fully saturated rings. The third-order valence-corrected chi connectivity index (χ3v) is 2.25. The molecular weight excluding hydrogens is 311 g/mol. The standard InChI is InChI=1S/C8H6O4.C4H5NO2.3FH/c9-7(10)5-3-1-2-4-6(5)8(11)12;6-3-1-2-4(7)5-3;;;/h1-4H,(H,9,10)(H,11,12);1-2H2,(H,5,6,7);3*1H. The van der Waals surface area contributed by atoms with E-state index < -0.39 is 11.9 Å². The fourth-order valence-corrected chi connectivity index (χ4v) is 1.36. The summed E-state index contributed by atoms with van der Waals surface area (Å²) >= 11 is 0. The first-order chi connectivity index (χ1) is 8.91. The molecule has 1 aliphatic heterocycles. The van der Waals surface area contributed by atoms with Gasteiger partial charge in [-0.1, -0.05) is 12.1 Å². The minimum absolute atomic E-state index is 0. The Labute approximate surface area is 122 Å². The number of imide groups is 1. The molecule has 3 N–H and O–H groups in total. The molecule has 1 aliphatic rings. The first-order valence-corrected chi connectivity index (χ1v) is 5.30. The van der Waals surface area contributed by atoms with Crippen LogP contribution in [0.3, 0.4) is 0 Å². The van der Waals surface area contributed by atoms with Gasteiger partial charge in [-0.2, -0.15) is 0 Å². The summed E-state index contributed by atoms with van der Waals surface area (Å²) in [5.41, 5.74) is -0.380. The van der Waals surface area contributed by atoms with E-state index in [-0.39, 0.29) is 37.1 Å². The molecule has 0 radical (unpaired) electrons. The molecule has 0 unspecified atom stereocenters. The Balaban J connectivity index is -0.000000317. The highest BCUT2D eigenvalue weighted by Gasteiger charge is 2.15. The summed E-state index contributed by atoms with van der Waals surface area (Å²) in [6.07, 6.45) is 0.748. The minimum Gasteiger partial charge on any atom is -0.478 e. The van der Waals surface area contributed by atoms with Gasteiger partial charge in [0.15, 0.2) is 0 Å². The number of carbonyl (C=O) groups excluding carboxylic acids is 2. The molecule has 22 heavy (non-hydrogen) atoms. The topological polar surface area (TPSA) is 121 Å². The van der Waals surface area contributed by atoms with Crippen molar-refractivity contribution in [1.29, 1.82) is 0 Å². The summed E-state index contributed by atoms with van der Waals surface area (Å²) in [5, 5.41) is 19.2. The molecule has 1 aromatic rings. The Morgan fingerprint density at radius 2 is 1.14 bits per heavy atom. The molecule has 2 amide bonds. The monoisotopic (exact) mass is 325 g/mol. The number of amides is 2. The van der Waals surface area contributed by atoms with Crippen molar-refractivity contribution in [2.24, 2.45) is 0 Å². The smallest absolute Gasteiger partial charge is 0.336 e. The lowest BCUT2D eigenvalue weighted by Gasteiger charge is -1.98. The summed E-state index contributed by atoms with van der Waals surface area (Å²) in [4.78, 5) is 41.2. The summed E-state index contributed by atoms with van der Waals surface area (Å²) in [7, 11) is 0. The van der Waals surface area contributed by atoms with Crippen LogP contribution in [0.25, 0.3) is 0 Å². The van der Waals surface area contributed by atoms with Crippen molar-refractivity contribution in [3.63, 3.8) is 0 Å². The average molecular weight is 325 g/mol. The van der Waals surface area contributed by atoms with Crippen molar-refractivity contribution in [2.45, 2.75) is 12.8 Å². The predicted octanol–water partition coefficient (Wildman–Crippen LogP) is 0.963. The van der Waals surface area contributed by atoms with Crippen LogP contribution >= 0.6 is 0 Å². The van der Waals surface area contributed by atoms with Crippen molar-refractivity contribution < 1.29 is 43.5 Å². The molecule has 7 nitrogen and oxygen atoms in total. The molecule has 0 saturated carbocycles. The quantitative estimate of drug-likeness (QED) is 0.697. The number of halogens is 3. The van der Waals surface area contributed by atoms with E-state index in [0.717, 1.165) is 0 Å². The normalized spacial score (nSPS) is 11.5. The van der Waals surface area contributed by atoms with Gasteiger partial charge in [-0.3, -0.25) is 29.0 Å². The van der Waals surface area contributed by atoms with E-state index in [0.29, 0.717) is 12.8 Å². The van der Waals surface area contributed by atoms with Crippen LogP contribution in [0.1, 0.15) is 33.6 Å². The van der Waals surface area contributed by atoms with Crippen LogP contribution < -0.4 is 5.32 Å². The number of benzene rings is 1. The van der Waals surface area contributed by atoms with Crippen molar-refractivity contribution >= 4 is 23.8 Å². The van der Waals surface area contributed by atoms with Crippen molar-refractivity contribution in [3.8, 4) is 0 Å². The number of rotatable bonds is 2. The second-order valence-corrected chi connectivity index (χ2v) is 3.63. The number of carboxylic acid groups (broad SMARTS) is 2. The first kappa shape index (κ1) is 24.1. The van der Waals surface area contributed by atoms with Gasteiger partial charge in [-0.05, 0) is 12.1 Å². The van der Waals surface area contributed by atoms with Crippen LogP contribution in [0, 0.1) is 0 Å². The highest BCUT2D eigenvalue weighted by molar-refractivity contribution is 6.02. The maximum atomic E-state index is 10.5. The molecule has 0 aliphatic carbocycles. The summed E-state index contributed by atoms with van der Waals surface area (Å²) in [6, 6.07) is 5.48. The lowest BCUT2D eigenvalue weighted by Crippen LogP contribution is -2.18. The Bertz CT molecular complexity index is 502. The zero-order valence-electron chi connectivity index (χ0n) is 11.0. The first-order valence-electron chi connectivity index (χ1n) is 5.30. The van der Waals surface area contributed by atoms with Crippen molar-refractivity contribution in [1.82, 2.24) is 5.32 Å². The highest BCUT2D eigenvalue weighted by atomic mass is 19.0. The predicted molar refractivity (Wildman–Crippen MR) is 70.3 cm³/mol. The van der Waals surface area contributed by atoms with E-state index in [1.807, 2.05) is 0 Å².